The van der Waals surface area contributed by atoms with Crippen molar-refractivity contribution in [3.8, 4) is 0 Å². The minimum atomic E-state index is -0.529. The summed E-state index contributed by atoms with van der Waals surface area (Å²) in [5.41, 5.74) is 3.26. The smallest absolute Gasteiger partial charge is 0.280 e. The van der Waals surface area contributed by atoms with Gasteiger partial charge in [0.1, 0.15) is 0 Å². The van der Waals surface area contributed by atoms with Crippen molar-refractivity contribution in [3.63, 3.8) is 0 Å². The first-order chi connectivity index (χ1) is 11.3. The van der Waals surface area contributed by atoms with Crippen molar-refractivity contribution in [2.45, 2.75) is 20.8 Å². The van der Waals surface area contributed by atoms with Gasteiger partial charge in [0.2, 0.25) is 5.43 Å². The Bertz CT molecular complexity index is 1030. The Morgan fingerprint density at radius 1 is 1.08 bits per heavy atom. The standard InChI is InChI=1S/C17H19N5O2/c1-9-6-7-13-12(8-9)16(23)15(20-22(13)5)17(24)18-14-10(2)19-21(4)11(14)3/h6-8H,1-5H3,(H,18,24). The Labute approximate surface area is 138 Å². The van der Waals surface area contributed by atoms with Gasteiger partial charge >= 0.3 is 0 Å². The number of fused-ring (bicyclic) bond motifs is 1. The third-order valence-corrected chi connectivity index (χ3v) is 4.17. The van der Waals surface area contributed by atoms with Gasteiger partial charge in [-0.1, -0.05) is 11.6 Å². The zero-order valence-electron chi connectivity index (χ0n) is 14.3. The van der Waals surface area contributed by atoms with Crippen molar-refractivity contribution in [1.82, 2.24) is 19.6 Å². The highest BCUT2D eigenvalue weighted by atomic mass is 16.2. The van der Waals surface area contributed by atoms with E-state index in [2.05, 4.69) is 15.5 Å². The Morgan fingerprint density at radius 3 is 2.42 bits per heavy atom. The van der Waals surface area contributed by atoms with Crippen LogP contribution in [-0.2, 0) is 14.1 Å². The molecule has 0 atom stereocenters. The third kappa shape index (κ3) is 2.47. The van der Waals surface area contributed by atoms with Crippen LogP contribution in [0.15, 0.2) is 23.0 Å². The zero-order chi connectivity index (χ0) is 17.6. The van der Waals surface area contributed by atoms with Gasteiger partial charge in [0.15, 0.2) is 5.69 Å². The van der Waals surface area contributed by atoms with Gasteiger partial charge in [-0.25, -0.2) is 0 Å². The van der Waals surface area contributed by atoms with Gasteiger partial charge in [-0.15, -0.1) is 0 Å². The number of nitrogens with zero attached hydrogens (tertiary/aromatic N) is 4. The normalized spacial score (nSPS) is 11.0. The fraction of sp³-hybridized carbons (Fsp3) is 0.294. The largest absolute Gasteiger partial charge is 0.317 e. The summed E-state index contributed by atoms with van der Waals surface area (Å²) in [7, 11) is 3.52. The van der Waals surface area contributed by atoms with Crippen molar-refractivity contribution >= 4 is 22.5 Å². The third-order valence-electron chi connectivity index (χ3n) is 4.17. The fourth-order valence-corrected chi connectivity index (χ4v) is 2.77. The lowest BCUT2D eigenvalue weighted by Gasteiger charge is -2.09. The Morgan fingerprint density at radius 2 is 1.79 bits per heavy atom. The van der Waals surface area contributed by atoms with Crippen molar-refractivity contribution in [2.24, 2.45) is 14.1 Å². The van der Waals surface area contributed by atoms with Crippen LogP contribution >= 0.6 is 0 Å². The van der Waals surface area contributed by atoms with Crippen LogP contribution in [0, 0.1) is 20.8 Å². The molecule has 1 N–H and O–H groups in total. The molecule has 3 aromatic rings. The summed E-state index contributed by atoms with van der Waals surface area (Å²) >= 11 is 0. The van der Waals surface area contributed by atoms with Gasteiger partial charge < -0.3 is 5.32 Å². The molecule has 0 saturated carbocycles. The topological polar surface area (TPSA) is 81.8 Å². The molecule has 3 rings (SSSR count). The lowest BCUT2D eigenvalue weighted by Crippen LogP contribution is -2.26. The molecule has 124 valence electrons. The molecular weight excluding hydrogens is 306 g/mol. The van der Waals surface area contributed by atoms with Crippen LogP contribution < -0.4 is 10.7 Å². The Balaban J connectivity index is 2.10. The monoisotopic (exact) mass is 325 g/mol. The van der Waals surface area contributed by atoms with E-state index in [9.17, 15) is 9.59 Å². The van der Waals surface area contributed by atoms with Crippen LogP contribution in [0.2, 0.25) is 0 Å². The summed E-state index contributed by atoms with van der Waals surface area (Å²) in [5, 5.41) is 11.7. The van der Waals surface area contributed by atoms with Crippen LogP contribution in [0.3, 0.4) is 0 Å². The van der Waals surface area contributed by atoms with E-state index in [0.29, 0.717) is 22.3 Å². The number of aromatic nitrogens is 4. The fourth-order valence-electron chi connectivity index (χ4n) is 2.77. The summed E-state index contributed by atoms with van der Waals surface area (Å²) in [6, 6.07) is 5.51. The molecule has 0 spiro atoms. The molecule has 0 aliphatic rings. The maximum atomic E-state index is 12.7. The first-order valence-electron chi connectivity index (χ1n) is 7.59. The van der Waals surface area contributed by atoms with Gasteiger partial charge in [-0.05, 0) is 32.9 Å². The van der Waals surface area contributed by atoms with Crippen LogP contribution in [0.25, 0.3) is 10.9 Å². The molecule has 0 radical (unpaired) electrons. The zero-order valence-corrected chi connectivity index (χ0v) is 14.3. The quantitative estimate of drug-likeness (QED) is 0.779. The molecule has 0 fully saturated rings. The van der Waals surface area contributed by atoms with E-state index in [1.54, 1.807) is 36.4 Å². The van der Waals surface area contributed by atoms with Crippen LogP contribution in [0.1, 0.15) is 27.4 Å². The molecule has 1 amide bonds. The van der Waals surface area contributed by atoms with E-state index in [1.807, 2.05) is 26.0 Å². The van der Waals surface area contributed by atoms with Gasteiger partial charge in [0, 0.05) is 14.1 Å². The molecule has 0 aliphatic heterocycles. The number of amides is 1. The minimum Gasteiger partial charge on any atom is -0.317 e. The maximum absolute atomic E-state index is 12.7. The molecule has 2 heterocycles. The van der Waals surface area contributed by atoms with Crippen LogP contribution in [0.4, 0.5) is 5.69 Å². The first-order valence-corrected chi connectivity index (χ1v) is 7.59. The van der Waals surface area contributed by atoms with Crippen molar-refractivity contribution in [2.75, 3.05) is 5.32 Å². The maximum Gasteiger partial charge on any atom is 0.280 e. The molecule has 0 bridgehead atoms. The Kier molecular flexibility index (Phi) is 3.71. The second kappa shape index (κ2) is 5.59. The number of hydrogen-bond donors (Lipinski definition) is 1. The van der Waals surface area contributed by atoms with Crippen molar-refractivity contribution in [3.05, 3.63) is 51.1 Å². The van der Waals surface area contributed by atoms with Gasteiger partial charge in [-0.2, -0.15) is 10.2 Å². The first kappa shape index (κ1) is 15.9. The second-order valence-electron chi connectivity index (χ2n) is 5.95. The predicted molar refractivity (Wildman–Crippen MR) is 92.4 cm³/mol. The van der Waals surface area contributed by atoms with Gasteiger partial charge in [-0.3, -0.25) is 19.0 Å². The van der Waals surface area contributed by atoms with Gasteiger partial charge in [0.25, 0.3) is 5.91 Å². The van der Waals surface area contributed by atoms with Gasteiger partial charge in [0.05, 0.1) is 28.0 Å². The minimum absolute atomic E-state index is 0.127. The summed E-state index contributed by atoms with van der Waals surface area (Å²) in [4.78, 5) is 25.3. The summed E-state index contributed by atoms with van der Waals surface area (Å²) in [6.07, 6.45) is 0. The van der Waals surface area contributed by atoms with E-state index in [4.69, 9.17) is 0 Å². The number of carbonyl (C=O) groups is 1. The molecule has 2 aromatic heterocycles. The average Bonchev–Trinajstić information content (AvgIpc) is 2.77. The molecule has 7 heteroatoms. The molecule has 1 aromatic carbocycles. The predicted octanol–water partition coefficient (Wildman–Crippen LogP) is 1.84. The summed E-state index contributed by atoms with van der Waals surface area (Å²) in [6.45, 7) is 5.56. The van der Waals surface area contributed by atoms with Crippen molar-refractivity contribution in [1.29, 1.82) is 0 Å². The number of hydrogen-bond acceptors (Lipinski definition) is 4. The molecule has 7 nitrogen and oxygen atoms in total. The van der Waals surface area contributed by atoms with E-state index < -0.39 is 5.91 Å². The number of nitrogens with one attached hydrogen (secondary N) is 1. The van der Waals surface area contributed by atoms with E-state index in [0.717, 1.165) is 11.3 Å². The number of aryl methyl sites for hydroxylation is 4. The highest BCUT2D eigenvalue weighted by molar-refractivity contribution is 6.04. The highest BCUT2D eigenvalue weighted by Gasteiger charge is 2.19. The molecular formula is C17H19N5O2. The second-order valence-corrected chi connectivity index (χ2v) is 5.95. The number of rotatable bonds is 2. The van der Waals surface area contributed by atoms with Crippen LogP contribution in [0.5, 0.6) is 0 Å². The molecule has 0 aliphatic carbocycles. The summed E-state index contributed by atoms with van der Waals surface area (Å²) in [5.74, 6) is -0.529. The van der Waals surface area contributed by atoms with E-state index in [1.165, 1.54) is 0 Å². The number of carbonyl (C=O) groups excluding carboxylic acids is 1. The molecule has 0 unspecified atom stereocenters. The molecule has 24 heavy (non-hydrogen) atoms. The summed E-state index contributed by atoms with van der Waals surface area (Å²) < 4.78 is 3.23. The molecule has 0 saturated heterocycles. The lowest BCUT2D eigenvalue weighted by molar-refractivity contribution is 0.101. The van der Waals surface area contributed by atoms with Crippen LogP contribution in [-0.4, -0.2) is 25.5 Å². The SMILES string of the molecule is Cc1ccc2c(c1)c(=O)c(C(=O)Nc1c(C)nn(C)c1C)nn2C. The number of anilines is 1. The highest BCUT2D eigenvalue weighted by Crippen LogP contribution is 2.19. The van der Waals surface area contributed by atoms with Crippen molar-refractivity contribution < 1.29 is 4.79 Å². The van der Waals surface area contributed by atoms with E-state index in [-0.39, 0.29) is 11.1 Å². The van der Waals surface area contributed by atoms with E-state index >= 15 is 0 Å². The number of benzene rings is 1. The lowest BCUT2D eigenvalue weighted by atomic mass is 10.1. The Hall–Kier alpha value is -2.96. The average molecular weight is 325 g/mol.